The first-order chi connectivity index (χ1) is 34.6. The minimum atomic E-state index is -1.83. The summed E-state index contributed by atoms with van der Waals surface area (Å²) >= 11 is 0. The fraction of sp³-hybridized carbons (Fsp3) is 0.943. The molecule has 0 aromatic carbocycles. The van der Waals surface area contributed by atoms with Crippen LogP contribution in [-0.4, -0.2) is 210 Å². The Labute approximate surface area is 433 Å². The average Bonchev–Trinajstić information content (AvgIpc) is 3.35. The predicted octanol–water partition coefficient (Wildman–Crippen LogP) is -0.369. The summed E-state index contributed by atoms with van der Waals surface area (Å²) in [5.74, 6) is -0.306. The minimum Gasteiger partial charge on any atom is -0.432 e. The summed E-state index contributed by atoms with van der Waals surface area (Å²) in [6, 6.07) is 0. The van der Waals surface area contributed by atoms with Crippen LogP contribution < -0.4 is 0 Å². The molecule has 4 aliphatic heterocycles. The van der Waals surface area contributed by atoms with Crippen LogP contribution in [-0.2, 0) is 42.7 Å². The smallest absolute Gasteiger partial charge is 0.315 e. The SMILES string of the molecule is C[C@@H]1O[C@@H](O[C@H]2[C@H](O[C@H]3CC[C@@]4(C)[C@H](CC[C@]5(C)[C@@H]4CC=C4[C@H]6CC(C)(C)CC[C@]6(C(=O)O[C@@H]6O[C@H](CO)[C@@H](O)[C@H](O)[C@H]6O)CC[C@]45C)C3(C)C)OC[C@H](O)[C@@H]2O[C@@H]2O[C@H](CO)[C@@H](O)[C@H](O)[C@H]2O)[C@H](O)[C@H](O)[C@H]1O. The summed E-state index contributed by atoms with van der Waals surface area (Å²) < 4.78 is 49.0. The van der Waals surface area contributed by atoms with E-state index in [0.717, 1.165) is 44.9 Å². The Bertz CT molecular complexity index is 2040. The van der Waals surface area contributed by atoms with Crippen LogP contribution in [0.2, 0.25) is 0 Å². The molecule has 424 valence electrons. The van der Waals surface area contributed by atoms with Gasteiger partial charge < -0.3 is 99.2 Å². The van der Waals surface area contributed by atoms with Gasteiger partial charge >= 0.3 is 5.97 Å². The standard InChI is InChI=1S/C53H86O21/c1-23-32(57)35(60)38(63)43(68-23)73-42-41(72-44-39(64)36(61)33(58)27(20-54)69-44)26(56)22-67-46(42)71-31-12-13-50(6)29(49(31,4)5)11-14-52(8)30(50)10-9-24-25-19-48(2,3)15-17-53(25,18-16-51(24,52)7)47(66)74-45-40(65)37(62)34(59)28(21-55)70-45/h9,23,25-46,54-65H,10-22H2,1-8H3/t23-,25+,26-,27+,28+,29+,30+,31-,32-,33+,34+,35+,36-,37-,38+,39+,40+,41-,42+,43-,44-,45-,46-,50-,51+,52+,53-/m0/s1. The monoisotopic (exact) mass is 1060 g/mol. The maximum atomic E-state index is 14.8. The number of carbonyl (C=O) groups is 1. The predicted molar refractivity (Wildman–Crippen MR) is 255 cm³/mol. The zero-order valence-corrected chi connectivity index (χ0v) is 44.1. The lowest BCUT2D eigenvalue weighted by atomic mass is 9.33. The second-order valence-electron chi connectivity index (χ2n) is 25.8. The van der Waals surface area contributed by atoms with Crippen LogP contribution in [0.3, 0.4) is 0 Å². The van der Waals surface area contributed by atoms with Gasteiger partial charge in [-0.3, -0.25) is 4.79 Å². The van der Waals surface area contributed by atoms with Crippen LogP contribution in [0.5, 0.6) is 0 Å². The van der Waals surface area contributed by atoms with Crippen molar-refractivity contribution in [3.63, 3.8) is 0 Å². The Kier molecular flexibility index (Phi) is 15.8. The minimum absolute atomic E-state index is 0.0812. The fourth-order valence-corrected chi connectivity index (χ4v) is 16.2. The van der Waals surface area contributed by atoms with Crippen molar-refractivity contribution in [3.05, 3.63) is 11.6 Å². The van der Waals surface area contributed by atoms with Gasteiger partial charge in [0.15, 0.2) is 18.9 Å². The normalized spacial score (nSPS) is 54.1. The van der Waals surface area contributed by atoms with Crippen LogP contribution in [0, 0.1) is 50.2 Å². The van der Waals surface area contributed by atoms with E-state index in [2.05, 4.69) is 54.5 Å². The van der Waals surface area contributed by atoms with Crippen molar-refractivity contribution in [3.8, 4) is 0 Å². The molecule has 4 saturated heterocycles. The first kappa shape index (κ1) is 57.1. The molecule has 0 amide bonds. The third kappa shape index (κ3) is 9.17. The van der Waals surface area contributed by atoms with Gasteiger partial charge in [0, 0.05) is 0 Å². The molecule has 21 nitrogen and oxygen atoms in total. The number of ether oxygens (including phenoxy) is 8. The summed E-state index contributed by atoms with van der Waals surface area (Å²) in [5.41, 5.74) is -0.904. The number of fused-ring (bicyclic) bond motifs is 7. The average molecular weight is 1060 g/mol. The molecule has 0 radical (unpaired) electrons. The molecule has 8 fully saturated rings. The number of hydrogen-bond acceptors (Lipinski definition) is 21. The third-order valence-electron chi connectivity index (χ3n) is 21.0. The van der Waals surface area contributed by atoms with Crippen LogP contribution in [0.25, 0.3) is 0 Å². The summed E-state index contributed by atoms with van der Waals surface area (Å²) in [7, 11) is 0. The molecule has 21 heteroatoms. The molecule has 0 aromatic rings. The summed E-state index contributed by atoms with van der Waals surface area (Å²) in [5, 5.41) is 128. The molecule has 0 aromatic heterocycles. The lowest BCUT2D eigenvalue weighted by molar-refractivity contribution is -0.388. The van der Waals surface area contributed by atoms with Gasteiger partial charge in [0.25, 0.3) is 0 Å². The highest BCUT2D eigenvalue weighted by atomic mass is 16.8. The molecule has 9 aliphatic rings. The number of esters is 1. The van der Waals surface area contributed by atoms with E-state index in [1.807, 2.05) is 0 Å². The molecule has 0 bridgehead atoms. The van der Waals surface area contributed by atoms with E-state index < -0.39 is 153 Å². The molecular formula is C53H86O21. The van der Waals surface area contributed by atoms with Gasteiger partial charge in [0.05, 0.1) is 37.4 Å². The topological polar surface area (TPSA) is 334 Å². The molecule has 27 atom stereocenters. The number of aliphatic hydroxyl groups excluding tert-OH is 12. The second-order valence-corrected chi connectivity index (χ2v) is 25.8. The largest absolute Gasteiger partial charge is 0.432 e. The molecule has 4 saturated carbocycles. The highest BCUT2D eigenvalue weighted by molar-refractivity contribution is 5.79. The molecule has 9 rings (SSSR count). The Hall–Kier alpha value is -1.55. The quantitative estimate of drug-likeness (QED) is 0.0755. The summed E-state index contributed by atoms with van der Waals surface area (Å²) in [6.45, 7) is 15.9. The van der Waals surface area contributed by atoms with E-state index in [1.54, 1.807) is 0 Å². The summed E-state index contributed by atoms with van der Waals surface area (Å²) in [6.07, 6.45) is -20.0. The van der Waals surface area contributed by atoms with Crippen LogP contribution in [0.1, 0.15) is 120 Å². The van der Waals surface area contributed by atoms with Crippen molar-refractivity contribution in [2.24, 2.45) is 50.2 Å². The van der Waals surface area contributed by atoms with E-state index in [9.17, 15) is 66.1 Å². The molecule has 5 aliphatic carbocycles. The van der Waals surface area contributed by atoms with E-state index in [-0.39, 0.29) is 46.0 Å². The van der Waals surface area contributed by atoms with Crippen molar-refractivity contribution in [1.29, 1.82) is 0 Å². The third-order valence-corrected chi connectivity index (χ3v) is 21.0. The molecule has 12 N–H and O–H groups in total. The first-order valence-corrected chi connectivity index (χ1v) is 27.1. The summed E-state index contributed by atoms with van der Waals surface area (Å²) in [4.78, 5) is 14.8. The number of allylic oxidation sites excluding steroid dienone is 2. The van der Waals surface area contributed by atoms with E-state index in [1.165, 1.54) is 12.5 Å². The molecule has 74 heavy (non-hydrogen) atoms. The zero-order valence-electron chi connectivity index (χ0n) is 44.1. The zero-order chi connectivity index (χ0) is 54.0. The van der Waals surface area contributed by atoms with Crippen LogP contribution in [0.4, 0.5) is 0 Å². The molecule has 0 spiro atoms. The first-order valence-electron chi connectivity index (χ1n) is 27.1. The molecule has 0 unspecified atom stereocenters. The number of rotatable bonds is 10. The fourth-order valence-electron chi connectivity index (χ4n) is 16.2. The second kappa shape index (κ2) is 20.5. The van der Waals surface area contributed by atoms with Crippen molar-refractivity contribution in [1.82, 2.24) is 0 Å². The lowest BCUT2D eigenvalue weighted by Crippen LogP contribution is -2.67. The van der Waals surface area contributed by atoms with Crippen LogP contribution in [0.15, 0.2) is 11.6 Å². The Balaban J connectivity index is 0.973. The van der Waals surface area contributed by atoms with Crippen molar-refractivity contribution in [2.75, 3.05) is 19.8 Å². The van der Waals surface area contributed by atoms with E-state index in [4.69, 9.17) is 37.9 Å². The van der Waals surface area contributed by atoms with Crippen LogP contribution >= 0.6 is 0 Å². The van der Waals surface area contributed by atoms with E-state index in [0.29, 0.717) is 19.3 Å². The van der Waals surface area contributed by atoms with Gasteiger partial charge in [-0.1, -0.05) is 60.1 Å². The van der Waals surface area contributed by atoms with Gasteiger partial charge in [-0.2, -0.15) is 0 Å². The van der Waals surface area contributed by atoms with Gasteiger partial charge in [0.1, 0.15) is 85.5 Å². The lowest BCUT2D eigenvalue weighted by Gasteiger charge is -2.71. The number of carbonyl (C=O) groups excluding carboxylic acids is 1. The highest BCUT2D eigenvalue weighted by Crippen LogP contribution is 2.76. The Morgan fingerprint density at radius 2 is 1.18 bits per heavy atom. The highest BCUT2D eigenvalue weighted by Gasteiger charge is 2.70. The Morgan fingerprint density at radius 1 is 0.608 bits per heavy atom. The van der Waals surface area contributed by atoms with Crippen molar-refractivity contribution in [2.45, 2.75) is 242 Å². The molecule has 4 heterocycles. The van der Waals surface area contributed by atoms with Crippen molar-refractivity contribution >= 4 is 5.97 Å². The van der Waals surface area contributed by atoms with Gasteiger partial charge in [-0.05, 0) is 116 Å². The number of aliphatic hydroxyl groups is 12. The van der Waals surface area contributed by atoms with Gasteiger partial charge in [0.2, 0.25) is 6.29 Å². The van der Waals surface area contributed by atoms with Crippen molar-refractivity contribution < 1.29 is 104 Å². The maximum absolute atomic E-state index is 14.8. The maximum Gasteiger partial charge on any atom is 0.315 e. The Morgan fingerprint density at radius 3 is 1.81 bits per heavy atom. The van der Waals surface area contributed by atoms with E-state index >= 15 is 0 Å². The van der Waals surface area contributed by atoms with Gasteiger partial charge in [-0.15, -0.1) is 0 Å². The number of hydrogen-bond donors (Lipinski definition) is 12. The molecular weight excluding hydrogens is 973 g/mol. The van der Waals surface area contributed by atoms with Gasteiger partial charge in [-0.25, -0.2) is 0 Å².